The van der Waals surface area contributed by atoms with Crippen LogP contribution in [0.4, 0.5) is 0 Å². The zero-order valence-corrected chi connectivity index (χ0v) is 15.8. The molecule has 0 spiro atoms. The molecule has 3 aromatic rings. The molecule has 3 rings (SSSR count). The molecule has 1 unspecified atom stereocenters. The number of benzene rings is 1. The fourth-order valence-corrected chi connectivity index (χ4v) is 3.61. The Kier molecular flexibility index (Phi) is 6.21. The van der Waals surface area contributed by atoms with Crippen LogP contribution in [0.15, 0.2) is 53.1 Å². The van der Waals surface area contributed by atoms with Crippen molar-refractivity contribution in [2.45, 2.75) is 12.6 Å². The van der Waals surface area contributed by atoms with Gasteiger partial charge in [0.15, 0.2) is 6.61 Å². The summed E-state index contributed by atoms with van der Waals surface area (Å²) in [5.41, 5.74) is 0. The largest absolute Gasteiger partial charge is 0.482 e. The Morgan fingerprint density at radius 3 is 2.85 bits per heavy atom. The summed E-state index contributed by atoms with van der Waals surface area (Å²) in [5, 5.41) is 13.8. The Balaban J connectivity index is 1.49. The third-order valence-corrected chi connectivity index (χ3v) is 5.15. The summed E-state index contributed by atoms with van der Waals surface area (Å²) in [7, 11) is 0. The van der Waals surface area contributed by atoms with E-state index in [0.29, 0.717) is 28.1 Å². The zero-order valence-electron chi connectivity index (χ0n) is 13.4. The molecule has 0 aliphatic rings. The molecule has 2 aromatic heterocycles. The van der Waals surface area contributed by atoms with E-state index >= 15 is 0 Å². The second-order valence-corrected chi connectivity index (χ2v) is 7.41. The molecule has 0 saturated carbocycles. The maximum Gasteiger partial charge on any atom is 0.258 e. The van der Waals surface area contributed by atoms with Crippen molar-refractivity contribution in [1.82, 2.24) is 5.32 Å². The van der Waals surface area contributed by atoms with Gasteiger partial charge in [0.05, 0.1) is 17.8 Å². The summed E-state index contributed by atoms with van der Waals surface area (Å²) >= 11 is 13.2. The normalized spacial score (nSPS) is 12.0. The van der Waals surface area contributed by atoms with Crippen LogP contribution in [0.25, 0.3) is 0 Å². The molecule has 1 aromatic carbocycles. The lowest BCUT2D eigenvalue weighted by molar-refractivity contribution is -0.123. The van der Waals surface area contributed by atoms with Gasteiger partial charge in [0.25, 0.3) is 5.91 Å². The Bertz CT molecular complexity index is 879. The predicted molar refractivity (Wildman–Crippen MR) is 101 cm³/mol. The molecule has 136 valence electrons. The van der Waals surface area contributed by atoms with E-state index in [2.05, 4.69) is 5.32 Å². The molecule has 1 atom stereocenters. The summed E-state index contributed by atoms with van der Waals surface area (Å²) in [6.07, 6.45) is 0.704. The fraction of sp³-hybridized carbons (Fsp3) is 0.167. The van der Waals surface area contributed by atoms with Crippen LogP contribution in [-0.2, 0) is 11.3 Å². The molecule has 0 bridgehead atoms. The molecule has 0 saturated heterocycles. The van der Waals surface area contributed by atoms with Crippen LogP contribution in [-0.4, -0.2) is 17.6 Å². The number of aliphatic hydroxyl groups is 1. The van der Waals surface area contributed by atoms with Crippen molar-refractivity contribution in [1.29, 1.82) is 0 Å². The van der Waals surface area contributed by atoms with Crippen LogP contribution < -0.4 is 10.1 Å². The van der Waals surface area contributed by atoms with Gasteiger partial charge in [-0.15, -0.1) is 11.3 Å². The average Bonchev–Trinajstić information content (AvgIpc) is 3.30. The molecule has 8 heteroatoms. The minimum absolute atomic E-state index is 0.158. The highest BCUT2D eigenvalue weighted by molar-refractivity contribution is 7.12. The van der Waals surface area contributed by atoms with E-state index in [-0.39, 0.29) is 12.5 Å². The number of hydrogen-bond donors (Lipinski definition) is 2. The number of hydrogen-bond acceptors (Lipinski definition) is 5. The van der Waals surface area contributed by atoms with Gasteiger partial charge in [-0.3, -0.25) is 4.79 Å². The minimum atomic E-state index is -0.810. The van der Waals surface area contributed by atoms with Gasteiger partial charge < -0.3 is 19.6 Å². The number of halogens is 2. The SMILES string of the molecule is O=C(COc1ccc(Cl)cc1Cl)NCc1ccc(C(O)c2ccco2)s1. The van der Waals surface area contributed by atoms with E-state index in [1.54, 1.807) is 30.3 Å². The van der Waals surface area contributed by atoms with Gasteiger partial charge in [0, 0.05) is 14.8 Å². The van der Waals surface area contributed by atoms with Crippen molar-refractivity contribution in [2.75, 3.05) is 6.61 Å². The Hall–Kier alpha value is -1.99. The smallest absolute Gasteiger partial charge is 0.258 e. The second kappa shape index (κ2) is 8.60. The van der Waals surface area contributed by atoms with Crippen molar-refractivity contribution in [2.24, 2.45) is 0 Å². The maximum absolute atomic E-state index is 11.9. The molecule has 0 aliphatic heterocycles. The minimum Gasteiger partial charge on any atom is -0.482 e. The summed E-state index contributed by atoms with van der Waals surface area (Å²) in [4.78, 5) is 13.6. The van der Waals surface area contributed by atoms with Crippen molar-refractivity contribution < 1.29 is 19.1 Å². The number of rotatable bonds is 7. The monoisotopic (exact) mass is 411 g/mol. The molecular formula is C18H15Cl2NO4S. The fourth-order valence-electron chi connectivity index (χ4n) is 2.20. The van der Waals surface area contributed by atoms with Crippen LogP contribution in [0.5, 0.6) is 5.75 Å². The van der Waals surface area contributed by atoms with E-state index < -0.39 is 6.10 Å². The molecule has 2 heterocycles. The standard InChI is InChI=1S/C18H15Cl2NO4S/c19-11-3-5-14(13(20)8-11)25-10-17(22)21-9-12-4-6-16(26-12)18(23)15-2-1-7-24-15/h1-8,18,23H,9-10H2,(H,21,22). The summed E-state index contributed by atoms with van der Waals surface area (Å²) < 4.78 is 10.6. The van der Waals surface area contributed by atoms with Gasteiger partial charge >= 0.3 is 0 Å². The number of thiophene rings is 1. The van der Waals surface area contributed by atoms with Gasteiger partial charge in [0.1, 0.15) is 17.6 Å². The van der Waals surface area contributed by atoms with Crippen LogP contribution in [0.3, 0.4) is 0 Å². The van der Waals surface area contributed by atoms with E-state index in [1.807, 2.05) is 12.1 Å². The summed E-state index contributed by atoms with van der Waals surface area (Å²) in [6, 6.07) is 11.9. The topological polar surface area (TPSA) is 71.7 Å². The van der Waals surface area contributed by atoms with E-state index in [9.17, 15) is 9.90 Å². The first kappa shape index (κ1) is 18.8. The number of furan rings is 1. The molecule has 2 N–H and O–H groups in total. The number of carbonyl (C=O) groups excluding carboxylic acids is 1. The van der Waals surface area contributed by atoms with Crippen molar-refractivity contribution >= 4 is 40.4 Å². The predicted octanol–water partition coefficient (Wildman–Crippen LogP) is 4.42. The average molecular weight is 412 g/mol. The maximum atomic E-state index is 11.9. The number of amides is 1. The molecule has 0 fully saturated rings. The third-order valence-electron chi connectivity index (χ3n) is 3.48. The summed E-state index contributed by atoms with van der Waals surface area (Å²) in [5.74, 6) is 0.597. The van der Waals surface area contributed by atoms with Gasteiger partial charge in [-0.2, -0.15) is 0 Å². The van der Waals surface area contributed by atoms with Crippen molar-refractivity contribution in [3.8, 4) is 5.75 Å². The third kappa shape index (κ3) is 4.80. The number of aliphatic hydroxyl groups excluding tert-OH is 1. The van der Waals surface area contributed by atoms with Gasteiger partial charge in [-0.25, -0.2) is 0 Å². The Labute approximate surface area is 164 Å². The molecule has 0 aliphatic carbocycles. The van der Waals surface area contributed by atoms with E-state index in [4.69, 9.17) is 32.4 Å². The lowest BCUT2D eigenvalue weighted by Gasteiger charge is -2.08. The highest BCUT2D eigenvalue weighted by Gasteiger charge is 2.15. The van der Waals surface area contributed by atoms with Gasteiger partial charge in [-0.1, -0.05) is 23.2 Å². The Morgan fingerprint density at radius 2 is 2.12 bits per heavy atom. The first-order chi connectivity index (χ1) is 12.5. The number of carbonyl (C=O) groups is 1. The number of ether oxygens (including phenoxy) is 1. The lowest BCUT2D eigenvalue weighted by atomic mass is 10.2. The van der Waals surface area contributed by atoms with Crippen LogP contribution >= 0.6 is 34.5 Å². The Morgan fingerprint density at radius 1 is 1.27 bits per heavy atom. The number of nitrogens with one attached hydrogen (secondary N) is 1. The van der Waals surface area contributed by atoms with Gasteiger partial charge in [-0.05, 0) is 42.5 Å². The molecule has 0 radical (unpaired) electrons. The molecule has 26 heavy (non-hydrogen) atoms. The van der Waals surface area contributed by atoms with E-state index in [1.165, 1.54) is 17.6 Å². The highest BCUT2D eigenvalue weighted by Crippen LogP contribution is 2.29. The molecule has 1 amide bonds. The van der Waals surface area contributed by atoms with Crippen LogP contribution in [0, 0.1) is 0 Å². The lowest BCUT2D eigenvalue weighted by Crippen LogP contribution is -2.28. The summed E-state index contributed by atoms with van der Waals surface area (Å²) in [6.45, 7) is 0.181. The second-order valence-electron chi connectivity index (χ2n) is 5.36. The molecular weight excluding hydrogens is 397 g/mol. The first-order valence-corrected chi connectivity index (χ1v) is 9.25. The van der Waals surface area contributed by atoms with Crippen molar-refractivity contribution in [3.63, 3.8) is 0 Å². The molecule has 5 nitrogen and oxygen atoms in total. The van der Waals surface area contributed by atoms with Crippen LogP contribution in [0.2, 0.25) is 10.0 Å². The quantitative estimate of drug-likeness (QED) is 0.603. The van der Waals surface area contributed by atoms with E-state index in [0.717, 1.165) is 9.75 Å². The zero-order chi connectivity index (χ0) is 18.5. The van der Waals surface area contributed by atoms with Crippen LogP contribution in [0.1, 0.15) is 21.6 Å². The van der Waals surface area contributed by atoms with Crippen molar-refractivity contribution in [3.05, 3.63) is 74.3 Å². The highest BCUT2D eigenvalue weighted by atomic mass is 35.5. The first-order valence-electron chi connectivity index (χ1n) is 7.67. The van der Waals surface area contributed by atoms with Gasteiger partial charge in [0.2, 0.25) is 0 Å².